The average Bonchev–Trinajstić information content (AvgIpc) is 2.70. The second kappa shape index (κ2) is 5.44. The summed E-state index contributed by atoms with van der Waals surface area (Å²) in [5.74, 6) is -1.59. The SMILES string of the molecule is CC[C@H](NC(=O)C(N)c1cnn(C)c1)C(=O)O. The zero-order chi connectivity index (χ0) is 13.0. The van der Waals surface area contributed by atoms with Crippen LogP contribution in [0.3, 0.4) is 0 Å². The van der Waals surface area contributed by atoms with Crippen LogP contribution in [0.4, 0.5) is 0 Å². The van der Waals surface area contributed by atoms with E-state index in [4.69, 9.17) is 10.8 Å². The van der Waals surface area contributed by atoms with E-state index in [1.807, 2.05) is 0 Å². The van der Waals surface area contributed by atoms with Gasteiger partial charge in [-0.2, -0.15) is 5.10 Å². The number of nitrogens with one attached hydrogen (secondary N) is 1. The molecular formula is C10H16N4O3. The first kappa shape index (κ1) is 13.2. The van der Waals surface area contributed by atoms with Crippen LogP contribution in [0.1, 0.15) is 24.9 Å². The van der Waals surface area contributed by atoms with Crippen molar-refractivity contribution in [1.29, 1.82) is 0 Å². The lowest BCUT2D eigenvalue weighted by molar-refractivity contribution is -0.142. The number of carboxylic acid groups (broad SMARTS) is 1. The van der Waals surface area contributed by atoms with Crippen molar-refractivity contribution in [2.45, 2.75) is 25.4 Å². The van der Waals surface area contributed by atoms with E-state index in [0.29, 0.717) is 12.0 Å². The van der Waals surface area contributed by atoms with Gasteiger partial charge < -0.3 is 16.2 Å². The third-order valence-electron chi connectivity index (χ3n) is 2.39. The number of aromatic nitrogens is 2. The van der Waals surface area contributed by atoms with Gasteiger partial charge in [-0.05, 0) is 6.42 Å². The molecule has 0 bridgehead atoms. The Morgan fingerprint density at radius 3 is 2.71 bits per heavy atom. The Bertz CT molecular complexity index is 415. The lowest BCUT2D eigenvalue weighted by atomic mass is 10.1. The highest BCUT2D eigenvalue weighted by atomic mass is 16.4. The van der Waals surface area contributed by atoms with Crippen LogP contribution in [0, 0.1) is 0 Å². The fourth-order valence-electron chi connectivity index (χ4n) is 1.35. The van der Waals surface area contributed by atoms with Gasteiger partial charge in [0.05, 0.1) is 6.20 Å². The van der Waals surface area contributed by atoms with Crippen LogP contribution >= 0.6 is 0 Å². The fraction of sp³-hybridized carbons (Fsp3) is 0.500. The molecule has 0 aromatic carbocycles. The topological polar surface area (TPSA) is 110 Å². The molecule has 2 atom stereocenters. The van der Waals surface area contributed by atoms with Crippen LogP contribution in [0.2, 0.25) is 0 Å². The van der Waals surface area contributed by atoms with Crippen LogP contribution < -0.4 is 11.1 Å². The number of aliphatic carboxylic acids is 1. The van der Waals surface area contributed by atoms with Gasteiger partial charge in [-0.25, -0.2) is 4.79 Å². The maximum atomic E-state index is 11.7. The third-order valence-corrected chi connectivity index (χ3v) is 2.39. The Hall–Kier alpha value is -1.89. The van der Waals surface area contributed by atoms with Crippen molar-refractivity contribution in [3.8, 4) is 0 Å². The van der Waals surface area contributed by atoms with Crippen molar-refractivity contribution in [1.82, 2.24) is 15.1 Å². The number of hydrogen-bond donors (Lipinski definition) is 3. The molecule has 0 saturated heterocycles. The Morgan fingerprint density at radius 1 is 1.65 bits per heavy atom. The number of amides is 1. The smallest absolute Gasteiger partial charge is 0.326 e. The molecule has 17 heavy (non-hydrogen) atoms. The van der Waals surface area contributed by atoms with Gasteiger partial charge in [-0.15, -0.1) is 0 Å². The molecule has 1 rings (SSSR count). The van der Waals surface area contributed by atoms with Gasteiger partial charge in [0.2, 0.25) is 5.91 Å². The molecule has 0 aliphatic carbocycles. The molecule has 1 aromatic heterocycles. The minimum atomic E-state index is -1.07. The highest BCUT2D eigenvalue weighted by Crippen LogP contribution is 2.09. The molecule has 0 spiro atoms. The van der Waals surface area contributed by atoms with Gasteiger partial charge in [0, 0.05) is 18.8 Å². The van der Waals surface area contributed by atoms with Crippen molar-refractivity contribution in [3.05, 3.63) is 18.0 Å². The van der Waals surface area contributed by atoms with Gasteiger partial charge >= 0.3 is 5.97 Å². The monoisotopic (exact) mass is 240 g/mol. The predicted molar refractivity (Wildman–Crippen MR) is 60.0 cm³/mol. The standard InChI is InChI=1S/C10H16N4O3/c1-3-7(10(16)17)13-9(15)8(11)6-4-12-14(2)5-6/h4-5,7-8H,3,11H2,1-2H3,(H,13,15)(H,16,17)/t7-,8?/m0/s1. The van der Waals surface area contributed by atoms with Crippen LogP contribution in [0.5, 0.6) is 0 Å². The van der Waals surface area contributed by atoms with Gasteiger partial charge in [-0.1, -0.05) is 6.92 Å². The van der Waals surface area contributed by atoms with Crippen molar-refractivity contribution < 1.29 is 14.7 Å². The van der Waals surface area contributed by atoms with Gasteiger partial charge in [0.25, 0.3) is 0 Å². The zero-order valence-corrected chi connectivity index (χ0v) is 9.75. The van der Waals surface area contributed by atoms with Crippen LogP contribution in [0.15, 0.2) is 12.4 Å². The van der Waals surface area contributed by atoms with Crippen LogP contribution in [0.25, 0.3) is 0 Å². The lowest BCUT2D eigenvalue weighted by Crippen LogP contribution is -2.44. The number of aryl methyl sites for hydroxylation is 1. The quantitative estimate of drug-likeness (QED) is 0.636. The molecule has 1 heterocycles. The number of hydrogen-bond acceptors (Lipinski definition) is 4. The Balaban J connectivity index is 2.67. The summed E-state index contributed by atoms with van der Waals surface area (Å²) in [5.41, 5.74) is 6.24. The summed E-state index contributed by atoms with van der Waals surface area (Å²) in [7, 11) is 1.71. The molecule has 0 aliphatic rings. The second-order valence-electron chi connectivity index (χ2n) is 3.73. The molecule has 7 nitrogen and oxygen atoms in total. The van der Waals surface area contributed by atoms with E-state index >= 15 is 0 Å². The first-order valence-corrected chi connectivity index (χ1v) is 5.23. The molecule has 1 amide bonds. The molecular weight excluding hydrogens is 224 g/mol. The summed E-state index contributed by atoms with van der Waals surface area (Å²) in [5, 5.41) is 15.1. The highest BCUT2D eigenvalue weighted by molar-refractivity contribution is 5.87. The molecule has 0 radical (unpaired) electrons. The van der Waals surface area contributed by atoms with Gasteiger partial charge in [0.1, 0.15) is 12.1 Å². The fourth-order valence-corrected chi connectivity index (χ4v) is 1.35. The number of carbonyl (C=O) groups excluding carboxylic acids is 1. The van der Waals surface area contributed by atoms with E-state index in [9.17, 15) is 9.59 Å². The summed E-state index contributed by atoms with van der Waals surface area (Å²) in [6.45, 7) is 1.68. The average molecular weight is 240 g/mol. The van der Waals surface area contributed by atoms with E-state index in [2.05, 4.69) is 10.4 Å². The number of nitrogens with two attached hydrogens (primary N) is 1. The molecule has 1 aromatic rings. The minimum Gasteiger partial charge on any atom is -0.480 e. The lowest BCUT2D eigenvalue weighted by Gasteiger charge is -2.15. The van der Waals surface area contributed by atoms with E-state index in [1.165, 1.54) is 10.9 Å². The molecule has 0 aliphatic heterocycles. The summed E-state index contributed by atoms with van der Waals surface area (Å²) in [4.78, 5) is 22.4. The van der Waals surface area contributed by atoms with Crippen molar-refractivity contribution in [3.63, 3.8) is 0 Å². The Labute approximate surface area is 98.6 Å². The molecule has 94 valence electrons. The predicted octanol–water partition coefficient (Wildman–Crippen LogP) is -0.601. The van der Waals surface area contributed by atoms with Gasteiger partial charge in [-0.3, -0.25) is 9.48 Å². The molecule has 0 fully saturated rings. The maximum absolute atomic E-state index is 11.7. The second-order valence-corrected chi connectivity index (χ2v) is 3.73. The van der Waals surface area contributed by atoms with Crippen LogP contribution in [-0.4, -0.2) is 32.8 Å². The Morgan fingerprint density at radius 2 is 2.29 bits per heavy atom. The van der Waals surface area contributed by atoms with Gasteiger partial charge in [0.15, 0.2) is 0 Å². The van der Waals surface area contributed by atoms with Crippen LogP contribution in [-0.2, 0) is 16.6 Å². The first-order chi connectivity index (χ1) is 7.95. The molecule has 4 N–H and O–H groups in total. The highest BCUT2D eigenvalue weighted by Gasteiger charge is 2.23. The molecule has 7 heteroatoms. The summed E-state index contributed by atoms with van der Waals surface area (Å²) in [6.07, 6.45) is 3.40. The minimum absolute atomic E-state index is 0.306. The third kappa shape index (κ3) is 3.28. The number of nitrogens with zero attached hydrogens (tertiary/aromatic N) is 2. The van der Waals surface area contributed by atoms with E-state index in [0.717, 1.165) is 0 Å². The first-order valence-electron chi connectivity index (χ1n) is 5.23. The van der Waals surface area contributed by atoms with E-state index < -0.39 is 24.0 Å². The maximum Gasteiger partial charge on any atom is 0.326 e. The number of rotatable bonds is 5. The zero-order valence-electron chi connectivity index (χ0n) is 9.75. The van der Waals surface area contributed by atoms with Crippen molar-refractivity contribution >= 4 is 11.9 Å². The summed E-state index contributed by atoms with van der Waals surface area (Å²) < 4.78 is 1.52. The summed E-state index contributed by atoms with van der Waals surface area (Å²) in [6, 6.07) is -1.82. The van der Waals surface area contributed by atoms with Crippen molar-refractivity contribution in [2.24, 2.45) is 12.8 Å². The molecule has 0 saturated carbocycles. The largest absolute Gasteiger partial charge is 0.480 e. The van der Waals surface area contributed by atoms with E-state index in [1.54, 1.807) is 20.2 Å². The summed E-state index contributed by atoms with van der Waals surface area (Å²) >= 11 is 0. The Kier molecular flexibility index (Phi) is 4.22. The number of carboxylic acids is 1. The normalized spacial score (nSPS) is 14.1. The van der Waals surface area contributed by atoms with Crippen molar-refractivity contribution in [2.75, 3.05) is 0 Å². The number of carbonyl (C=O) groups is 2. The molecule has 1 unspecified atom stereocenters. The van der Waals surface area contributed by atoms with E-state index in [-0.39, 0.29) is 0 Å².